The molecule has 4 heterocycles. The van der Waals surface area contributed by atoms with Gasteiger partial charge in [-0.1, -0.05) is 0 Å². The lowest BCUT2D eigenvalue weighted by atomic mass is 10.0. The monoisotopic (exact) mass is 475 g/mol. The molecular weight excluding hydrogens is 459 g/mol. The number of aryl methyl sites for hydroxylation is 1. The van der Waals surface area contributed by atoms with E-state index in [4.69, 9.17) is 0 Å². The van der Waals surface area contributed by atoms with Crippen molar-refractivity contribution in [2.24, 2.45) is 0 Å². The number of amides is 1. The molecule has 11 heteroatoms. The first-order valence-electron chi connectivity index (χ1n) is 10.4. The number of hydrogen-bond acceptors (Lipinski definition) is 5. The van der Waals surface area contributed by atoms with Crippen molar-refractivity contribution in [1.29, 1.82) is 5.26 Å². The fraction of sp³-hybridized carbons (Fsp3) is 0.125. The number of nitriles is 1. The zero-order valence-electron chi connectivity index (χ0n) is 18.2. The molecule has 0 spiro atoms. The first-order chi connectivity index (χ1) is 16.9. The number of carbonyl (C=O) groups is 1. The Kier molecular flexibility index (Phi) is 5.41. The van der Waals surface area contributed by atoms with Crippen molar-refractivity contribution in [3.05, 3.63) is 77.9 Å². The van der Waals surface area contributed by atoms with E-state index in [9.17, 15) is 23.2 Å². The van der Waals surface area contributed by atoms with Crippen molar-refractivity contribution in [3.8, 4) is 28.6 Å². The average molecular weight is 475 g/mol. The molecule has 0 aliphatic heterocycles. The van der Waals surface area contributed by atoms with Crippen LogP contribution < -0.4 is 5.32 Å². The molecular formula is C24H16F3N7O. The molecule has 174 valence electrons. The molecule has 1 N–H and O–H groups in total. The maximum Gasteiger partial charge on any atom is 0.271 e. The maximum absolute atomic E-state index is 14.0. The first kappa shape index (κ1) is 22.1. The van der Waals surface area contributed by atoms with E-state index in [1.165, 1.54) is 30.6 Å². The SMILES string of the molecule is Cc1cnc2ccc(-c3c(-c4ccc(F)c(C#N)c4)ncc4nc(C(=O)NCC(F)F)cn34)cn12. The molecule has 8 nitrogen and oxygen atoms in total. The Labute approximate surface area is 196 Å². The number of fused-ring (bicyclic) bond motifs is 2. The number of rotatable bonds is 5. The molecule has 0 atom stereocenters. The molecule has 35 heavy (non-hydrogen) atoms. The normalized spacial score (nSPS) is 11.3. The first-order valence-corrected chi connectivity index (χ1v) is 10.4. The van der Waals surface area contributed by atoms with E-state index in [2.05, 4.69) is 20.3 Å². The largest absolute Gasteiger partial charge is 0.345 e. The Morgan fingerprint density at radius 3 is 2.66 bits per heavy atom. The van der Waals surface area contributed by atoms with Gasteiger partial charge in [0.25, 0.3) is 12.3 Å². The molecule has 0 saturated heterocycles. The summed E-state index contributed by atoms with van der Waals surface area (Å²) < 4.78 is 42.6. The molecule has 0 saturated carbocycles. The summed E-state index contributed by atoms with van der Waals surface area (Å²) in [6.45, 7) is 1.09. The van der Waals surface area contributed by atoms with Crippen molar-refractivity contribution in [3.63, 3.8) is 0 Å². The number of alkyl halides is 2. The van der Waals surface area contributed by atoms with Gasteiger partial charge in [-0.25, -0.2) is 23.1 Å². The Hall–Kier alpha value is -4.72. The number of nitrogens with zero attached hydrogens (tertiary/aromatic N) is 6. The highest BCUT2D eigenvalue weighted by atomic mass is 19.3. The summed E-state index contributed by atoms with van der Waals surface area (Å²) in [5.74, 6) is -1.41. The number of carbonyl (C=O) groups excluding carboxylic acids is 1. The zero-order valence-corrected chi connectivity index (χ0v) is 18.2. The van der Waals surface area contributed by atoms with Crippen LogP contribution in [0.4, 0.5) is 13.2 Å². The summed E-state index contributed by atoms with van der Waals surface area (Å²) in [7, 11) is 0. The van der Waals surface area contributed by atoms with Gasteiger partial charge in [-0.05, 0) is 37.3 Å². The summed E-state index contributed by atoms with van der Waals surface area (Å²) >= 11 is 0. The quantitative estimate of drug-likeness (QED) is 0.414. The molecule has 0 bridgehead atoms. The van der Waals surface area contributed by atoms with Gasteiger partial charge in [0.1, 0.15) is 23.2 Å². The molecule has 0 radical (unpaired) electrons. The number of imidazole rings is 2. The van der Waals surface area contributed by atoms with E-state index >= 15 is 0 Å². The van der Waals surface area contributed by atoms with Crippen LogP contribution in [0.1, 0.15) is 21.7 Å². The standard InChI is InChI=1S/C24H16F3N7O/c1-13-8-29-20-5-3-15(11-33(13)20)23-22(14-2-4-17(25)16(6-14)7-28)30-10-21-32-18(12-34(21)23)24(35)31-9-19(26)27/h2-6,8,10-12,19H,9H2,1H3,(H,31,35). The lowest BCUT2D eigenvalue weighted by Gasteiger charge is -2.13. The predicted molar refractivity (Wildman–Crippen MR) is 120 cm³/mol. The van der Waals surface area contributed by atoms with Crippen molar-refractivity contribution >= 4 is 17.2 Å². The third-order valence-corrected chi connectivity index (χ3v) is 5.48. The highest BCUT2D eigenvalue weighted by Crippen LogP contribution is 2.32. The van der Waals surface area contributed by atoms with Crippen LogP contribution in [0.5, 0.6) is 0 Å². The summed E-state index contributed by atoms with van der Waals surface area (Å²) in [5.41, 5.74) is 3.75. The van der Waals surface area contributed by atoms with Gasteiger partial charge < -0.3 is 9.72 Å². The summed E-state index contributed by atoms with van der Waals surface area (Å²) in [4.78, 5) is 25.5. The van der Waals surface area contributed by atoms with Crippen LogP contribution in [0, 0.1) is 24.1 Å². The van der Waals surface area contributed by atoms with Crippen LogP contribution in [0.25, 0.3) is 33.8 Å². The van der Waals surface area contributed by atoms with Crippen LogP contribution >= 0.6 is 0 Å². The Bertz CT molecular complexity index is 1650. The minimum absolute atomic E-state index is 0.0671. The van der Waals surface area contributed by atoms with Crippen LogP contribution in [0.15, 0.2) is 55.1 Å². The molecule has 0 aliphatic rings. The summed E-state index contributed by atoms with van der Waals surface area (Å²) in [5, 5.41) is 11.4. The second kappa shape index (κ2) is 8.57. The Morgan fingerprint density at radius 1 is 1.09 bits per heavy atom. The van der Waals surface area contributed by atoms with Crippen molar-refractivity contribution in [2.75, 3.05) is 6.54 Å². The molecule has 1 aromatic carbocycles. The van der Waals surface area contributed by atoms with E-state index in [1.54, 1.807) is 10.6 Å². The third kappa shape index (κ3) is 3.95. The molecule has 5 rings (SSSR count). The van der Waals surface area contributed by atoms with E-state index in [1.807, 2.05) is 35.7 Å². The van der Waals surface area contributed by atoms with Crippen molar-refractivity contribution in [2.45, 2.75) is 13.3 Å². The maximum atomic E-state index is 14.0. The Morgan fingerprint density at radius 2 is 1.89 bits per heavy atom. The topological polar surface area (TPSA) is 100 Å². The lowest BCUT2D eigenvalue weighted by Crippen LogP contribution is -2.28. The van der Waals surface area contributed by atoms with Gasteiger partial charge in [0, 0.05) is 35.4 Å². The highest BCUT2D eigenvalue weighted by molar-refractivity contribution is 5.93. The third-order valence-electron chi connectivity index (χ3n) is 5.48. The number of pyridine rings is 1. The van der Waals surface area contributed by atoms with Crippen molar-refractivity contribution < 1.29 is 18.0 Å². The van der Waals surface area contributed by atoms with Gasteiger partial charge in [0.15, 0.2) is 5.65 Å². The van der Waals surface area contributed by atoms with Gasteiger partial charge in [0.05, 0.1) is 29.7 Å². The van der Waals surface area contributed by atoms with Gasteiger partial charge in [-0.2, -0.15) is 5.26 Å². The summed E-state index contributed by atoms with van der Waals surface area (Å²) in [6, 6.07) is 9.52. The Balaban J connectivity index is 1.75. The molecule has 0 aliphatic carbocycles. The van der Waals surface area contributed by atoms with Gasteiger partial charge >= 0.3 is 0 Å². The van der Waals surface area contributed by atoms with Crippen LogP contribution in [0.3, 0.4) is 0 Å². The number of hydrogen-bond donors (Lipinski definition) is 1. The lowest BCUT2D eigenvalue weighted by molar-refractivity contribution is 0.0887. The molecule has 1 amide bonds. The van der Waals surface area contributed by atoms with E-state index in [0.29, 0.717) is 28.2 Å². The average Bonchev–Trinajstić information content (AvgIpc) is 3.45. The van der Waals surface area contributed by atoms with Gasteiger partial charge in [-0.3, -0.25) is 14.2 Å². The molecule has 0 unspecified atom stereocenters. The number of benzene rings is 1. The van der Waals surface area contributed by atoms with E-state index in [-0.39, 0.29) is 11.3 Å². The predicted octanol–water partition coefficient (Wildman–Crippen LogP) is 4.03. The number of aromatic nitrogens is 5. The fourth-order valence-corrected chi connectivity index (χ4v) is 3.82. The van der Waals surface area contributed by atoms with Crippen molar-refractivity contribution in [1.82, 2.24) is 29.1 Å². The second-order valence-electron chi connectivity index (χ2n) is 7.76. The smallest absolute Gasteiger partial charge is 0.271 e. The zero-order chi connectivity index (χ0) is 24.7. The fourth-order valence-electron chi connectivity index (χ4n) is 3.82. The number of halogens is 3. The molecule has 4 aromatic heterocycles. The van der Waals surface area contributed by atoms with Crippen LogP contribution in [0.2, 0.25) is 0 Å². The second-order valence-corrected chi connectivity index (χ2v) is 7.76. The summed E-state index contributed by atoms with van der Waals surface area (Å²) in [6.07, 6.45) is 3.71. The molecule has 5 aromatic rings. The van der Waals surface area contributed by atoms with E-state index < -0.39 is 24.7 Å². The van der Waals surface area contributed by atoms with Crippen LogP contribution in [-0.4, -0.2) is 42.6 Å². The minimum atomic E-state index is -2.70. The number of nitrogens with one attached hydrogen (secondary N) is 1. The van der Waals surface area contributed by atoms with Gasteiger partial charge in [-0.15, -0.1) is 0 Å². The van der Waals surface area contributed by atoms with E-state index in [0.717, 1.165) is 11.3 Å². The van der Waals surface area contributed by atoms with Gasteiger partial charge in [0.2, 0.25) is 0 Å². The minimum Gasteiger partial charge on any atom is -0.345 e. The van der Waals surface area contributed by atoms with Crippen LogP contribution in [-0.2, 0) is 0 Å². The highest BCUT2D eigenvalue weighted by Gasteiger charge is 2.20. The molecule has 0 fully saturated rings.